The van der Waals surface area contributed by atoms with Gasteiger partial charge in [0, 0.05) is 41.7 Å². The largest absolute Gasteiger partial charge is 0.356 e. The summed E-state index contributed by atoms with van der Waals surface area (Å²) in [5.41, 5.74) is 1.18. The molecule has 0 bridgehead atoms. The van der Waals surface area contributed by atoms with Crippen LogP contribution in [0.5, 0.6) is 0 Å². The number of nitrogens with zero attached hydrogens (tertiary/aromatic N) is 2. The van der Waals surface area contributed by atoms with E-state index >= 15 is 0 Å². The van der Waals surface area contributed by atoms with E-state index in [1.807, 2.05) is 0 Å². The number of piperidine rings is 2. The minimum Gasteiger partial charge on any atom is -0.356 e. The maximum Gasteiger partial charge on any atom is 0.221 e. The summed E-state index contributed by atoms with van der Waals surface area (Å²) in [5, 5.41) is 4.44. The average Bonchev–Trinajstić information content (AvgIpc) is 3.06. The SMILES string of the molecule is O=C(CCn1ccc2ccc(Br)cc21)NC[C@H]1CCCN2CCCC[C@H]12. The summed E-state index contributed by atoms with van der Waals surface area (Å²) in [4.78, 5) is 15.1. The Morgan fingerprint density at radius 1 is 1.15 bits per heavy atom. The molecule has 140 valence electrons. The molecular formula is C21H28BrN3O. The maximum absolute atomic E-state index is 12.4. The number of carbonyl (C=O) groups excluding carboxylic acids is 1. The van der Waals surface area contributed by atoms with Gasteiger partial charge in [0.2, 0.25) is 5.91 Å². The van der Waals surface area contributed by atoms with Gasteiger partial charge < -0.3 is 14.8 Å². The number of rotatable bonds is 5. The van der Waals surface area contributed by atoms with Crippen molar-refractivity contribution in [2.75, 3.05) is 19.6 Å². The van der Waals surface area contributed by atoms with Crippen molar-refractivity contribution in [3.05, 3.63) is 34.9 Å². The lowest BCUT2D eigenvalue weighted by atomic mass is 9.83. The highest BCUT2D eigenvalue weighted by atomic mass is 79.9. The Kier molecular flexibility index (Phi) is 5.65. The highest BCUT2D eigenvalue weighted by molar-refractivity contribution is 9.10. The van der Waals surface area contributed by atoms with E-state index in [2.05, 4.69) is 61.2 Å². The van der Waals surface area contributed by atoms with Gasteiger partial charge in [0.05, 0.1) is 0 Å². The lowest BCUT2D eigenvalue weighted by Crippen LogP contribution is -2.51. The molecule has 2 aromatic rings. The molecule has 5 heteroatoms. The van der Waals surface area contributed by atoms with E-state index in [-0.39, 0.29) is 5.91 Å². The molecule has 4 rings (SSSR count). The van der Waals surface area contributed by atoms with Crippen LogP contribution in [-0.4, -0.2) is 41.1 Å². The summed E-state index contributed by atoms with van der Waals surface area (Å²) in [6, 6.07) is 9.09. The van der Waals surface area contributed by atoms with Crippen LogP contribution < -0.4 is 5.32 Å². The zero-order valence-corrected chi connectivity index (χ0v) is 16.9. The highest BCUT2D eigenvalue weighted by Gasteiger charge is 2.32. The zero-order chi connectivity index (χ0) is 17.9. The van der Waals surface area contributed by atoms with Gasteiger partial charge in [-0.3, -0.25) is 4.79 Å². The summed E-state index contributed by atoms with van der Waals surface area (Å²) in [6.45, 7) is 4.08. The Balaban J connectivity index is 1.29. The monoisotopic (exact) mass is 417 g/mol. The molecule has 0 unspecified atom stereocenters. The Morgan fingerprint density at radius 2 is 2.04 bits per heavy atom. The summed E-state index contributed by atoms with van der Waals surface area (Å²) >= 11 is 3.53. The number of aryl methyl sites for hydroxylation is 1. The third-order valence-corrected chi connectivity index (χ3v) is 6.60. The van der Waals surface area contributed by atoms with Crippen molar-refractivity contribution >= 4 is 32.7 Å². The molecule has 1 amide bonds. The number of halogens is 1. The van der Waals surface area contributed by atoms with E-state index in [9.17, 15) is 4.79 Å². The minimum absolute atomic E-state index is 0.176. The second-order valence-corrected chi connectivity index (χ2v) is 8.68. The molecule has 4 nitrogen and oxygen atoms in total. The molecule has 0 spiro atoms. The van der Waals surface area contributed by atoms with Gasteiger partial charge in [0.15, 0.2) is 0 Å². The standard InChI is InChI=1S/C21H28BrN3O/c22-18-7-6-16-8-12-25(20(16)14-18)13-9-21(26)23-15-17-4-3-11-24-10-2-1-5-19(17)24/h6-8,12,14,17,19H,1-5,9-11,13,15H2,(H,23,26)/t17-,19-/m1/s1. The molecule has 26 heavy (non-hydrogen) atoms. The lowest BCUT2D eigenvalue weighted by Gasteiger charge is -2.44. The Bertz CT molecular complexity index is 770. The fourth-order valence-electron chi connectivity index (χ4n) is 4.72. The first-order valence-corrected chi connectivity index (χ1v) is 10.8. The third kappa shape index (κ3) is 3.99. The van der Waals surface area contributed by atoms with Crippen molar-refractivity contribution < 1.29 is 4.79 Å². The number of amides is 1. The summed E-state index contributed by atoms with van der Waals surface area (Å²) in [6.07, 6.45) is 9.16. The highest BCUT2D eigenvalue weighted by Crippen LogP contribution is 2.30. The fourth-order valence-corrected chi connectivity index (χ4v) is 5.07. The van der Waals surface area contributed by atoms with Gasteiger partial charge in [-0.15, -0.1) is 0 Å². The van der Waals surface area contributed by atoms with E-state index in [1.54, 1.807) is 0 Å². The number of hydrogen-bond donors (Lipinski definition) is 1. The van der Waals surface area contributed by atoms with Crippen LogP contribution in [0.2, 0.25) is 0 Å². The molecule has 0 aliphatic carbocycles. The molecule has 0 radical (unpaired) electrons. The van der Waals surface area contributed by atoms with Crippen molar-refractivity contribution in [3.8, 4) is 0 Å². The van der Waals surface area contributed by atoms with Crippen LogP contribution in [0.15, 0.2) is 34.9 Å². The average molecular weight is 418 g/mol. The summed E-state index contributed by atoms with van der Waals surface area (Å²) in [5.74, 6) is 0.811. The third-order valence-electron chi connectivity index (χ3n) is 6.11. The fraction of sp³-hybridized carbons (Fsp3) is 0.571. The second kappa shape index (κ2) is 8.13. The van der Waals surface area contributed by atoms with Gasteiger partial charge in [-0.2, -0.15) is 0 Å². The number of hydrogen-bond acceptors (Lipinski definition) is 2. The van der Waals surface area contributed by atoms with Crippen molar-refractivity contribution in [1.29, 1.82) is 0 Å². The van der Waals surface area contributed by atoms with Gasteiger partial charge in [0.1, 0.15) is 0 Å². The van der Waals surface area contributed by atoms with Gasteiger partial charge in [-0.1, -0.05) is 28.4 Å². The van der Waals surface area contributed by atoms with E-state index in [0.717, 1.165) is 17.6 Å². The molecular weight excluding hydrogens is 390 g/mol. The lowest BCUT2D eigenvalue weighted by molar-refractivity contribution is -0.121. The first kappa shape index (κ1) is 18.1. The molecule has 1 aromatic carbocycles. The quantitative estimate of drug-likeness (QED) is 0.791. The van der Waals surface area contributed by atoms with Gasteiger partial charge in [0.25, 0.3) is 0 Å². The molecule has 2 aliphatic heterocycles. The van der Waals surface area contributed by atoms with Gasteiger partial charge in [-0.05, 0) is 68.3 Å². The van der Waals surface area contributed by atoms with Crippen LogP contribution in [0.4, 0.5) is 0 Å². The predicted octanol–water partition coefficient (Wildman–Crippen LogP) is 4.17. The first-order valence-electron chi connectivity index (χ1n) is 9.96. The predicted molar refractivity (Wildman–Crippen MR) is 109 cm³/mol. The van der Waals surface area contributed by atoms with Gasteiger partial charge in [-0.25, -0.2) is 0 Å². The molecule has 0 saturated carbocycles. The summed E-state index contributed by atoms with van der Waals surface area (Å²) in [7, 11) is 0. The molecule has 2 atom stereocenters. The summed E-state index contributed by atoms with van der Waals surface area (Å²) < 4.78 is 3.24. The number of nitrogens with one attached hydrogen (secondary N) is 1. The van der Waals surface area contributed by atoms with E-state index < -0.39 is 0 Å². The number of aromatic nitrogens is 1. The van der Waals surface area contributed by atoms with E-state index in [1.165, 1.54) is 56.1 Å². The Morgan fingerprint density at radius 3 is 2.96 bits per heavy atom. The minimum atomic E-state index is 0.176. The first-order chi connectivity index (χ1) is 12.7. The van der Waals surface area contributed by atoms with Crippen molar-refractivity contribution in [2.45, 2.75) is 51.1 Å². The zero-order valence-electron chi connectivity index (χ0n) is 15.3. The van der Waals surface area contributed by atoms with Crippen molar-refractivity contribution in [3.63, 3.8) is 0 Å². The Hall–Kier alpha value is -1.33. The van der Waals surface area contributed by atoms with Gasteiger partial charge >= 0.3 is 0 Å². The van der Waals surface area contributed by atoms with Crippen LogP contribution >= 0.6 is 15.9 Å². The molecule has 2 saturated heterocycles. The molecule has 3 heterocycles. The maximum atomic E-state index is 12.4. The van der Waals surface area contributed by atoms with Crippen molar-refractivity contribution in [2.24, 2.45) is 5.92 Å². The van der Waals surface area contributed by atoms with Crippen LogP contribution in [0.1, 0.15) is 38.5 Å². The molecule has 1 aromatic heterocycles. The molecule has 1 N–H and O–H groups in total. The Labute approximate surface area is 164 Å². The molecule has 2 aliphatic rings. The smallest absolute Gasteiger partial charge is 0.221 e. The van der Waals surface area contributed by atoms with Crippen LogP contribution in [0.3, 0.4) is 0 Å². The number of carbonyl (C=O) groups is 1. The van der Waals surface area contributed by atoms with Crippen LogP contribution in [0, 0.1) is 5.92 Å². The van der Waals surface area contributed by atoms with E-state index in [0.29, 0.717) is 18.4 Å². The van der Waals surface area contributed by atoms with Crippen molar-refractivity contribution in [1.82, 2.24) is 14.8 Å². The number of benzene rings is 1. The second-order valence-electron chi connectivity index (χ2n) is 7.77. The van der Waals surface area contributed by atoms with E-state index in [4.69, 9.17) is 0 Å². The topological polar surface area (TPSA) is 37.3 Å². The number of fused-ring (bicyclic) bond motifs is 2. The normalized spacial score (nSPS) is 23.7. The molecule has 2 fully saturated rings. The van der Waals surface area contributed by atoms with Crippen LogP contribution in [-0.2, 0) is 11.3 Å². The van der Waals surface area contributed by atoms with Crippen LogP contribution in [0.25, 0.3) is 10.9 Å².